The molecule has 0 aliphatic rings. The summed E-state index contributed by atoms with van der Waals surface area (Å²) in [7, 11) is 0. The van der Waals surface area contributed by atoms with E-state index in [2.05, 4.69) is 28.6 Å². The maximum Gasteiger partial charge on any atom is 0.327 e. The van der Waals surface area contributed by atoms with Crippen molar-refractivity contribution >= 4 is 42.3 Å². The molecule has 7 N–H and O–H groups in total. The number of carboxylic acid groups (broad SMARTS) is 2. The highest BCUT2D eigenvalue weighted by Gasteiger charge is 2.28. The Labute approximate surface area is 168 Å². The molecule has 11 nitrogen and oxygen atoms in total. The summed E-state index contributed by atoms with van der Waals surface area (Å²) >= 11 is 3.83. The normalized spacial score (nSPS) is 15.1. The number of rotatable bonds is 12. The van der Waals surface area contributed by atoms with Crippen LogP contribution in [0.2, 0.25) is 0 Å². The lowest BCUT2D eigenvalue weighted by atomic mass is 10.0. The van der Waals surface area contributed by atoms with Gasteiger partial charge in [0, 0.05) is 5.75 Å². The van der Waals surface area contributed by atoms with Crippen molar-refractivity contribution in [3.8, 4) is 0 Å². The molecule has 12 heteroatoms. The van der Waals surface area contributed by atoms with Crippen LogP contribution in [-0.4, -0.2) is 69.8 Å². The van der Waals surface area contributed by atoms with Crippen LogP contribution in [0.4, 0.5) is 0 Å². The van der Waals surface area contributed by atoms with Crippen molar-refractivity contribution in [2.75, 3.05) is 5.75 Å². The minimum absolute atomic E-state index is 0.00328. The average Bonchev–Trinajstić information content (AvgIpc) is 2.57. The number of nitrogens with two attached hydrogens (primary N) is 1. The Kier molecular flexibility index (Phi) is 11.2. The van der Waals surface area contributed by atoms with Gasteiger partial charge in [-0.1, -0.05) is 13.8 Å². The lowest BCUT2D eigenvalue weighted by Gasteiger charge is -2.24. The highest BCUT2D eigenvalue weighted by molar-refractivity contribution is 7.80. The van der Waals surface area contributed by atoms with E-state index in [0.29, 0.717) is 0 Å². The van der Waals surface area contributed by atoms with E-state index >= 15 is 0 Å². The molecular weight excluding hydrogens is 392 g/mol. The number of hydrogen-bond acceptors (Lipinski definition) is 7. The highest BCUT2D eigenvalue weighted by atomic mass is 32.1. The van der Waals surface area contributed by atoms with E-state index in [-0.39, 0.29) is 18.1 Å². The molecule has 0 rings (SSSR count). The maximum absolute atomic E-state index is 12.5. The van der Waals surface area contributed by atoms with Crippen LogP contribution in [0, 0.1) is 5.92 Å². The molecule has 0 spiro atoms. The fourth-order valence-electron chi connectivity index (χ4n) is 2.12. The quantitative estimate of drug-likeness (QED) is 0.182. The van der Waals surface area contributed by atoms with Gasteiger partial charge in [-0.05, 0) is 19.3 Å². The number of nitrogens with one attached hydrogen (secondary N) is 3. The molecule has 0 saturated heterocycles. The average molecular weight is 420 g/mol. The zero-order valence-electron chi connectivity index (χ0n) is 16.0. The molecule has 0 aromatic rings. The van der Waals surface area contributed by atoms with Gasteiger partial charge >= 0.3 is 11.9 Å². The second-order valence-electron chi connectivity index (χ2n) is 6.71. The van der Waals surface area contributed by atoms with Crippen LogP contribution >= 0.6 is 12.6 Å². The molecule has 0 saturated carbocycles. The summed E-state index contributed by atoms with van der Waals surface area (Å²) in [5.74, 6) is -4.86. The largest absolute Gasteiger partial charge is 0.481 e. The van der Waals surface area contributed by atoms with Gasteiger partial charge in [-0.25, -0.2) is 4.79 Å². The predicted molar refractivity (Wildman–Crippen MR) is 103 cm³/mol. The van der Waals surface area contributed by atoms with Crippen molar-refractivity contribution < 1.29 is 34.2 Å². The van der Waals surface area contributed by atoms with Crippen molar-refractivity contribution in [2.45, 2.75) is 57.8 Å². The topological polar surface area (TPSA) is 188 Å². The lowest BCUT2D eigenvalue weighted by molar-refractivity contribution is -0.141. The number of carbonyl (C=O) groups is 5. The Bertz CT molecular complexity index is 600. The molecule has 3 amide bonds. The van der Waals surface area contributed by atoms with Gasteiger partial charge in [0.1, 0.15) is 18.1 Å². The number of hydrogen-bond donors (Lipinski definition) is 7. The summed E-state index contributed by atoms with van der Waals surface area (Å²) < 4.78 is 0. The Balaban J connectivity index is 5.01. The monoisotopic (exact) mass is 420 g/mol. The molecule has 160 valence electrons. The van der Waals surface area contributed by atoms with Crippen LogP contribution < -0.4 is 21.7 Å². The van der Waals surface area contributed by atoms with Gasteiger partial charge in [0.15, 0.2) is 0 Å². The van der Waals surface area contributed by atoms with E-state index in [0.717, 1.165) is 0 Å². The fraction of sp³-hybridized carbons (Fsp3) is 0.688. The Morgan fingerprint density at radius 3 is 1.86 bits per heavy atom. The van der Waals surface area contributed by atoms with Gasteiger partial charge in [-0.3, -0.25) is 19.2 Å². The van der Waals surface area contributed by atoms with Crippen LogP contribution in [0.25, 0.3) is 0 Å². The molecule has 0 radical (unpaired) electrons. The minimum atomic E-state index is -1.33. The number of carboxylic acids is 2. The third-order valence-electron chi connectivity index (χ3n) is 3.62. The van der Waals surface area contributed by atoms with Crippen LogP contribution in [0.15, 0.2) is 0 Å². The SMILES string of the molecule is CC(C)CC(NC(=O)C(N)CC(=O)O)C(=O)NC(C)C(=O)NC(CS)C(=O)O. The molecule has 0 aromatic heterocycles. The van der Waals surface area contributed by atoms with Crippen LogP contribution in [0.5, 0.6) is 0 Å². The van der Waals surface area contributed by atoms with Crippen LogP contribution in [-0.2, 0) is 24.0 Å². The van der Waals surface area contributed by atoms with E-state index in [1.54, 1.807) is 0 Å². The first-order chi connectivity index (χ1) is 12.9. The summed E-state index contributed by atoms with van der Waals surface area (Å²) in [5.41, 5.74) is 5.49. The summed E-state index contributed by atoms with van der Waals surface area (Å²) in [6.45, 7) is 4.98. The number of carbonyl (C=O) groups excluding carboxylic acids is 3. The maximum atomic E-state index is 12.5. The molecular formula is C16H28N4O7S. The zero-order chi connectivity index (χ0) is 22.0. The van der Waals surface area contributed by atoms with Crippen molar-refractivity contribution in [3.63, 3.8) is 0 Å². The molecule has 28 heavy (non-hydrogen) atoms. The van der Waals surface area contributed by atoms with Crippen molar-refractivity contribution in [1.29, 1.82) is 0 Å². The second-order valence-corrected chi connectivity index (χ2v) is 7.07. The Morgan fingerprint density at radius 2 is 1.43 bits per heavy atom. The number of thiol groups is 1. The van der Waals surface area contributed by atoms with Gasteiger partial charge in [0.2, 0.25) is 17.7 Å². The number of aliphatic carboxylic acids is 2. The van der Waals surface area contributed by atoms with E-state index in [1.165, 1.54) is 6.92 Å². The lowest BCUT2D eigenvalue weighted by Crippen LogP contribution is -2.56. The van der Waals surface area contributed by atoms with E-state index in [1.807, 2.05) is 13.8 Å². The van der Waals surface area contributed by atoms with Crippen molar-refractivity contribution in [2.24, 2.45) is 11.7 Å². The van der Waals surface area contributed by atoms with Crippen LogP contribution in [0.3, 0.4) is 0 Å². The van der Waals surface area contributed by atoms with Gasteiger partial charge in [0.25, 0.3) is 0 Å². The smallest absolute Gasteiger partial charge is 0.327 e. The molecule has 0 aliphatic heterocycles. The first-order valence-corrected chi connectivity index (χ1v) is 9.24. The van der Waals surface area contributed by atoms with Gasteiger partial charge < -0.3 is 31.9 Å². The first-order valence-electron chi connectivity index (χ1n) is 8.61. The molecule has 0 bridgehead atoms. The fourth-order valence-corrected chi connectivity index (χ4v) is 2.37. The van der Waals surface area contributed by atoms with Gasteiger partial charge in [-0.2, -0.15) is 12.6 Å². The van der Waals surface area contributed by atoms with E-state index < -0.39 is 60.2 Å². The van der Waals surface area contributed by atoms with Crippen molar-refractivity contribution in [1.82, 2.24) is 16.0 Å². The number of amides is 3. The zero-order valence-corrected chi connectivity index (χ0v) is 16.9. The molecule has 0 aliphatic carbocycles. The molecule has 0 aromatic carbocycles. The van der Waals surface area contributed by atoms with Crippen molar-refractivity contribution in [3.05, 3.63) is 0 Å². The third-order valence-corrected chi connectivity index (χ3v) is 3.99. The highest BCUT2D eigenvalue weighted by Crippen LogP contribution is 2.06. The second kappa shape index (κ2) is 12.2. The Morgan fingerprint density at radius 1 is 0.893 bits per heavy atom. The van der Waals surface area contributed by atoms with E-state index in [9.17, 15) is 24.0 Å². The minimum Gasteiger partial charge on any atom is -0.481 e. The van der Waals surface area contributed by atoms with Gasteiger partial charge in [-0.15, -0.1) is 0 Å². The van der Waals surface area contributed by atoms with Crippen LogP contribution in [0.1, 0.15) is 33.6 Å². The molecule has 4 atom stereocenters. The summed E-state index contributed by atoms with van der Waals surface area (Å²) in [5, 5.41) is 24.7. The predicted octanol–water partition coefficient (Wildman–Crippen LogP) is -1.68. The molecule has 0 fully saturated rings. The molecule has 4 unspecified atom stereocenters. The van der Waals surface area contributed by atoms with Gasteiger partial charge in [0.05, 0.1) is 12.5 Å². The standard InChI is InChI=1S/C16H28N4O7S/c1-7(2)4-10(19-14(24)9(17)5-12(21)22)15(25)18-8(3)13(23)20-11(6-28)16(26)27/h7-11,28H,4-6,17H2,1-3H3,(H,18,25)(H,19,24)(H,20,23)(H,21,22)(H,26,27). The third kappa shape index (κ3) is 9.55. The summed E-state index contributed by atoms with van der Waals surface area (Å²) in [6, 6.07) is -4.65. The van der Waals surface area contributed by atoms with E-state index in [4.69, 9.17) is 15.9 Å². The summed E-state index contributed by atoms with van der Waals surface area (Å²) in [4.78, 5) is 58.2. The summed E-state index contributed by atoms with van der Waals surface area (Å²) in [6.07, 6.45) is -0.374. The molecule has 0 heterocycles. The first kappa shape index (κ1) is 25.7. The Hall–Kier alpha value is -2.34.